The Hall–Kier alpha value is -2.24. The Morgan fingerprint density at radius 2 is 1.26 bits per heavy atom. The number of aromatic nitrogens is 4. The fourth-order valence-electron chi connectivity index (χ4n) is 2.89. The minimum Gasteiger partial charge on any atom is -0.512 e. The fraction of sp³-hybridized carbons (Fsp3) is 0.190. The zero-order valence-corrected chi connectivity index (χ0v) is 26.9. The molecule has 2 aromatic carbocycles. The number of ether oxygens (including phenoxy) is 2. The van der Waals surface area contributed by atoms with Crippen LogP contribution in [0.5, 0.6) is 11.5 Å². The zero-order valence-electron chi connectivity index (χ0n) is 18.6. The molecule has 4 aromatic rings. The van der Waals surface area contributed by atoms with Crippen molar-refractivity contribution < 1.29 is 29.0 Å². The van der Waals surface area contributed by atoms with Crippen molar-refractivity contribution in [2.45, 2.75) is 0 Å². The summed E-state index contributed by atoms with van der Waals surface area (Å²) in [5.74, 6) is 1.57. The number of nitrogens with zero attached hydrogens (tertiary/aromatic N) is 7. The first-order chi connectivity index (χ1) is 15.8. The van der Waals surface area contributed by atoms with Gasteiger partial charge in [0.05, 0.1) is 30.6 Å². The van der Waals surface area contributed by atoms with Gasteiger partial charge in [0, 0.05) is 40.6 Å². The van der Waals surface area contributed by atoms with E-state index in [9.17, 15) is 0 Å². The van der Waals surface area contributed by atoms with Gasteiger partial charge in [-0.3, -0.25) is 9.36 Å². The van der Waals surface area contributed by atoms with Crippen molar-refractivity contribution in [3.05, 3.63) is 55.7 Å². The van der Waals surface area contributed by atoms with Gasteiger partial charge in [-0.2, -0.15) is 15.5 Å². The quantitative estimate of drug-likeness (QED) is 0.154. The van der Waals surface area contributed by atoms with Gasteiger partial charge in [0.2, 0.25) is 0 Å². The summed E-state index contributed by atoms with van der Waals surface area (Å²) in [5.41, 5.74) is 2.36. The van der Waals surface area contributed by atoms with Crippen molar-refractivity contribution in [1.82, 2.24) is 19.6 Å². The smallest absolute Gasteiger partial charge is 0.512 e. The van der Waals surface area contributed by atoms with E-state index < -0.39 is 0 Å². The summed E-state index contributed by atoms with van der Waals surface area (Å²) in [5, 5.41) is 31.8. The molecule has 2 aromatic heterocycles. The molecule has 9 nitrogen and oxygen atoms in total. The number of nitriles is 1. The zero-order chi connectivity index (χ0) is 25.3. The summed E-state index contributed by atoms with van der Waals surface area (Å²) in [6.45, 7) is 9.50. The van der Waals surface area contributed by atoms with E-state index in [1.54, 1.807) is 25.9 Å². The molecule has 0 N–H and O–H groups in total. The third-order valence-corrected chi connectivity index (χ3v) is 6.30. The average Bonchev–Trinajstić information content (AvgIpc) is 3.32. The molecule has 0 aliphatic carbocycles. The summed E-state index contributed by atoms with van der Waals surface area (Å²) in [4.78, 5) is 0. The molecule has 0 bridgehead atoms. The summed E-state index contributed by atoms with van der Waals surface area (Å²) in [6, 6.07) is 9.68. The second-order valence-corrected chi connectivity index (χ2v) is 8.74. The van der Waals surface area contributed by atoms with E-state index in [1.165, 1.54) is 0 Å². The number of halogens is 3. The van der Waals surface area contributed by atoms with Crippen molar-refractivity contribution in [1.29, 1.82) is 15.8 Å². The number of aryl methyl sites for hydroxylation is 2. The van der Waals surface area contributed by atoms with Crippen LogP contribution in [-0.2, 0) is 33.6 Å². The predicted molar refractivity (Wildman–Crippen MR) is 137 cm³/mol. The first-order valence-electron chi connectivity index (χ1n) is 8.71. The van der Waals surface area contributed by atoms with Crippen LogP contribution in [0.1, 0.15) is 5.69 Å². The van der Waals surface area contributed by atoms with E-state index in [4.69, 9.17) is 38.4 Å². The normalized spacial score (nSPS) is 9.12. The van der Waals surface area contributed by atoms with E-state index in [0.717, 1.165) is 46.0 Å². The van der Waals surface area contributed by atoms with Gasteiger partial charge in [-0.1, -0.05) is 0 Å². The van der Waals surface area contributed by atoms with Crippen LogP contribution in [-0.4, -0.2) is 33.8 Å². The maximum atomic E-state index is 8.92. The van der Waals surface area contributed by atoms with Crippen molar-refractivity contribution in [2.75, 3.05) is 14.2 Å². The van der Waals surface area contributed by atoms with Crippen LogP contribution >= 0.6 is 54.5 Å². The Kier molecular flexibility index (Phi) is 13.9. The number of benzene rings is 2. The molecule has 0 fully saturated rings. The molecule has 0 aliphatic rings. The third kappa shape index (κ3) is 6.89. The largest absolute Gasteiger partial charge is 2.00 e. The van der Waals surface area contributed by atoms with Gasteiger partial charge in [0.25, 0.3) is 0 Å². The Morgan fingerprint density at radius 1 is 0.853 bits per heavy atom. The van der Waals surface area contributed by atoms with Gasteiger partial charge in [-0.25, -0.2) is 0 Å². The molecule has 4 rings (SSSR count). The number of hydrogen-bond acceptors (Lipinski definition) is 7. The molecule has 0 unspecified atom stereocenters. The fourth-order valence-corrected chi connectivity index (χ4v) is 5.38. The number of fused-ring (bicyclic) bond motifs is 2. The van der Waals surface area contributed by atoms with Crippen LogP contribution in [0.25, 0.3) is 21.8 Å². The Morgan fingerprint density at radius 3 is 1.71 bits per heavy atom. The van der Waals surface area contributed by atoms with Crippen molar-refractivity contribution in [3.63, 3.8) is 0 Å². The van der Waals surface area contributed by atoms with Gasteiger partial charge >= 0.3 is 19.5 Å². The molecular weight excluding hydrogens is 734 g/mol. The van der Waals surface area contributed by atoms with Gasteiger partial charge in [0.15, 0.2) is 5.69 Å². The Balaban J connectivity index is 0.000000546. The van der Waals surface area contributed by atoms with Crippen LogP contribution in [0.4, 0.5) is 0 Å². The average molecular weight is 751 g/mol. The number of methoxy groups -OCH3 is 2. The molecule has 0 saturated heterocycles. The van der Waals surface area contributed by atoms with Gasteiger partial charge < -0.3 is 33.1 Å². The molecule has 34 heavy (non-hydrogen) atoms. The predicted octanol–water partition coefficient (Wildman–Crippen LogP) is 5.36. The van der Waals surface area contributed by atoms with Gasteiger partial charge in [-0.05, 0) is 66.6 Å². The van der Waals surface area contributed by atoms with Crippen molar-refractivity contribution >= 4 is 76.3 Å². The molecule has 2 heterocycles. The van der Waals surface area contributed by atoms with Crippen LogP contribution in [0.15, 0.2) is 33.2 Å². The van der Waals surface area contributed by atoms with Crippen molar-refractivity contribution in [3.8, 4) is 17.6 Å². The van der Waals surface area contributed by atoms with Crippen LogP contribution in [0.2, 0.25) is 0 Å². The van der Waals surface area contributed by atoms with Crippen LogP contribution in [0, 0.1) is 38.7 Å². The number of rotatable bonds is 2. The molecule has 13 heteroatoms. The first-order valence-corrected chi connectivity index (χ1v) is 11.4. The molecule has 0 aliphatic heterocycles. The Bertz CT molecular complexity index is 1350. The summed E-state index contributed by atoms with van der Waals surface area (Å²) in [7, 11) is 7.00. The molecule has 0 radical (unpaired) electrons. The second-order valence-electron chi connectivity index (χ2n) is 6.01. The van der Waals surface area contributed by atoms with Gasteiger partial charge in [0.1, 0.15) is 21.3 Å². The maximum Gasteiger partial charge on any atom is 2.00 e. The maximum absolute atomic E-state index is 8.92. The molecule has 0 atom stereocenters. The monoisotopic (exact) mass is 747 g/mol. The topological polar surface area (TPSA) is 125 Å². The minimum atomic E-state index is 0. The molecule has 0 saturated carbocycles. The molecule has 170 valence electrons. The summed E-state index contributed by atoms with van der Waals surface area (Å²) in [6.07, 6.45) is 0. The van der Waals surface area contributed by atoms with Crippen LogP contribution < -0.4 is 9.47 Å². The van der Waals surface area contributed by atoms with E-state index in [2.05, 4.69) is 70.7 Å². The number of hydrogen-bond donors (Lipinski definition) is 0. The van der Waals surface area contributed by atoms with Crippen molar-refractivity contribution in [2.24, 2.45) is 14.1 Å². The first kappa shape index (κ1) is 31.8. The molecular formula is C21H16Br2IN7O2Zn. The SMILES string of the molecule is COc1cc(Br)c2c(C#N)nn(C)c2c1.COc1cc(Br)c2c(I)nn(C)c2c1.[C-]#N.[C-]#N.[Zn+2]. The Labute approximate surface area is 240 Å². The standard InChI is InChI=1S/C10H8BrN3O.C9H8BrIN2O.2CN.Zn/c1-14-9-4-6(15-2)3-7(11)10(9)8(5-12)13-14;1-13-7-4-5(14-2)3-6(10)8(7)9(11)12-13;2*1-2;/h3-4H,1-2H3;3-4H,1-2H3;;;/q;;2*-1;+2. The molecule has 0 spiro atoms. The van der Waals surface area contributed by atoms with Gasteiger partial charge in [-0.15, -0.1) is 0 Å². The minimum absolute atomic E-state index is 0. The van der Waals surface area contributed by atoms with E-state index in [1.807, 2.05) is 36.0 Å². The van der Waals surface area contributed by atoms with Crippen LogP contribution in [0.3, 0.4) is 0 Å². The third-order valence-electron chi connectivity index (χ3n) is 4.29. The van der Waals surface area contributed by atoms with E-state index in [0.29, 0.717) is 5.69 Å². The summed E-state index contributed by atoms with van der Waals surface area (Å²) < 4.78 is 16.7. The van der Waals surface area contributed by atoms with E-state index >= 15 is 0 Å². The second kappa shape index (κ2) is 14.9. The summed E-state index contributed by atoms with van der Waals surface area (Å²) >= 11 is 9.15. The van der Waals surface area contributed by atoms with E-state index in [-0.39, 0.29) is 19.5 Å². The molecule has 0 amide bonds.